The fourth-order valence-electron chi connectivity index (χ4n) is 4.34. The molecule has 1 saturated heterocycles. The van der Waals surface area contributed by atoms with E-state index in [0.717, 1.165) is 77.0 Å². The molecule has 2 fully saturated rings. The van der Waals surface area contributed by atoms with Gasteiger partial charge in [-0.25, -0.2) is 0 Å². The number of guanidine groups is 1. The number of methoxy groups -OCH3 is 1. The molecule has 27 heavy (non-hydrogen) atoms. The van der Waals surface area contributed by atoms with Gasteiger partial charge in [0.2, 0.25) is 0 Å². The van der Waals surface area contributed by atoms with E-state index in [0.29, 0.717) is 12.2 Å². The van der Waals surface area contributed by atoms with Gasteiger partial charge in [0.1, 0.15) is 0 Å². The van der Waals surface area contributed by atoms with E-state index in [1.54, 1.807) is 7.11 Å². The smallest absolute Gasteiger partial charge is 0.193 e. The molecule has 0 aromatic heterocycles. The van der Waals surface area contributed by atoms with Crippen molar-refractivity contribution in [3.05, 3.63) is 0 Å². The van der Waals surface area contributed by atoms with Crippen molar-refractivity contribution in [3.63, 3.8) is 0 Å². The predicted octanol–water partition coefficient (Wildman–Crippen LogP) is 3.06. The minimum absolute atomic E-state index is 0.376. The zero-order valence-electron chi connectivity index (χ0n) is 17.8. The predicted molar refractivity (Wildman–Crippen MR) is 110 cm³/mol. The Morgan fingerprint density at radius 1 is 1.15 bits per heavy atom. The van der Waals surface area contributed by atoms with Crippen molar-refractivity contribution in [1.29, 1.82) is 0 Å². The van der Waals surface area contributed by atoms with Gasteiger partial charge in [-0.1, -0.05) is 12.8 Å². The molecule has 1 aliphatic carbocycles. The van der Waals surface area contributed by atoms with Crippen LogP contribution in [0, 0.1) is 5.92 Å². The molecule has 2 aliphatic rings. The van der Waals surface area contributed by atoms with Crippen LogP contribution in [0.5, 0.6) is 0 Å². The minimum Gasteiger partial charge on any atom is -0.385 e. The van der Waals surface area contributed by atoms with Crippen LogP contribution in [0.3, 0.4) is 0 Å². The number of likely N-dealkylation sites (tertiary alicyclic amines) is 1. The Bertz CT molecular complexity index is 405. The molecule has 1 unspecified atom stereocenters. The zero-order chi connectivity index (χ0) is 19.3. The van der Waals surface area contributed by atoms with E-state index in [1.807, 2.05) is 7.05 Å². The largest absolute Gasteiger partial charge is 0.385 e. The van der Waals surface area contributed by atoms with E-state index in [9.17, 15) is 0 Å². The molecule has 0 bridgehead atoms. The van der Waals surface area contributed by atoms with Crippen LogP contribution < -0.4 is 5.32 Å². The molecule has 6 heteroatoms. The summed E-state index contributed by atoms with van der Waals surface area (Å²) >= 11 is 0. The Morgan fingerprint density at radius 2 is 1.89 bits per heavy atom. The first-order chi connectivity index (χ1) is 13.3. The molecule has 158 valence electrons. The highest BCUT2D eigenvalue weighted by molar-refractivity contribution is 5.79. The van der Waals surface area contributed by atoms with Crippen molar-refractivity contribution in [2.45, 2.75) is 70.5 Å². The van der Waals surface area contributed by atoms with Gasteiger partial charge in [0, 0.05) is 53.6 Å². The van der Waals surface area contributed by atoms with Crippen molar-refractivity contribution in [1.82, 2.24) is 10.2 Å². The SMILES string of the molecule is CCOC(CCNC(=NC)N1CCC(OCCCOC)CC1)C1CCCC1. The third-order valence-electron chi connectivity index (χ3n) is 5.82. The van der Waals surface area contributed by atoms with Crippen molar-refractivity contribution in [3.8, 4) is 0 Å². The third-order valence-corrected chi connectivity index (χ3v) is 5.82. The molecule has 0 aromatic rings. The molecule has 6 nitrogen and oxygen atoms in total. The summed E-state index contributed by atoms with van der Waals surface area (Å²) < 4.78 is 17.1. The van der Waals surface area contributed by atoms with Gasteiger partial charge in [-0.2, -0.15) is 0 Å². The van der Waals surface area contributed by atoms with Crippen molar-refractivity contribution in [2.24, 2.45) is 10.9 Å². The van der Waals surface area contributed by atoms with Gasteiger partial charge >= 0.3 is 0 Å². The Morgan fingerprint density at radius 3 is 2.52 bits per heavy atom. The lowest BCUT2D eigenvalue weighted by Gasteiger charge is -2.34. The first-order valence-corrected chi connectivity index (χ1v) is 11.0. The average Bonchev–Trinajstić information content (AvgIpc) is 3.23. The number of aliphatic imine (C=N–C) groups is 1. The number of ether oxygens (including phenoxy) is 3. The highest BCUT2D eigenvalue weighted by Gasteiger charge is 2.26. The molecule has 2 rings (SSSR count). The van der Waals surface area contributed by atoms with Crippen LogP contribution in [0.2, 0.25) is 0 Å². The highest BCUT2D eigenvalue weighted by Crippen LogP contribution is 2.30. The maximum absolute atomic E-state index is 6.04. The molecule has 1 atom stereocenters. The summed E-state index contributed by atoms with van der Waals surface area (Å²) in [6, 6.07) is 0. The van der Waals surface area contributed by atoms with E-state index >= 15 is 0 Å². The van der Waals surface area contributed by atoms with Crippen LogP contribution in [0.1, 0.15) is 58.3 Å². The summed E-state index contributed by atoms with van der Waals surface area (Å²) in [6.07, 6.45) is 10.3. The minimum atomic E-state index is 0.376. The van der Waals surface area contributed by atoms with Crippen molar-refractivity contribution >= 4 is 5.96 Å². The standard InChI is InChI=1S/C21H41N3O3/c1-4-26-20(18-8-5-6-9-18)10-13-23-21(22-2)24-14-11-19(12-15-24)27-17-7-16-25-3/h18-20H,4-17H2,1-3H3,(H,22,23). The summed E-state index contributed by atoms with van der Waals surface area (Å²) in [6.45, 7) is 7.44. The van der Waals surface area contributed by atoms with Crippen LogP contribution in [0.15, 0.2) is 4.99 Å². The first-order valence-electron chi connectivity index (χ1n) is 11.0. The van der Waals surface area contributed by atoms with Crippen LogP contribution >= 0.6 is 0 Å². The van der Waals surface area contributed by atoms with E-state index in [4.69, 9.17) is 14.2 Å². The Labute approximate surface area is 166 Å². The highest BCUT2D eigenvalue weighted by atomic mass is 16.5. The van der Waals surface area contributed by atoms with E-state index in [-0.39, 0.29) is 0 Å². The van der Waals surface area contributed by atoms with Gasteiger partial charge in [0.25, 0.3) is 0 Å². The van der Waals surface area contributed by atoms with E-state index in [2.05, 4.69) is 22.1 Å². The molecule has 1 heterocycles. The molecule has 1 N–H and O–H groups in total. The Hall–Kier alpha value is -0.850. The number of rotatable bonds is 11. The second-order valence-corrected chi connectivity index (χ2v) is 7.70. The van der Waals surface area contributed by atoms with Gasteiger partial charge in [0.15, 0.2) is 5.96 Å². The lowest BCUT2D eigenvalue weighted by Crippen LogP contribution is -2.47. The fourth-order valence-corrected chi connectivity index (χ4v) is 4.34. The van der Waals surface area contributed by atoms with Gasteiger partial charge < -0.3 is 24.4 Å². The monoisotopic (exact) mass is 383 g/mol. The molecule has 0 aromatic carbocycles. The molecular formula is C21H41N3O3. The maximum Gasteiger partial charge on any atom is 0.193 e. The van der Waals surface area contributed by atoms with Crippen LogP contribution in [-0.4, -0.2) is 76.7 Å². The Balaban J connectivity index is 1.66. The lowest BCUT2D eigenvalue weighted by atomic mass is 9.98. The summed E-state index contributed by atoms with van der Waals surface area (Å²) in [4.78, 5) is 6.86. The Kier molecular flexibility index (Phi) is 11.1. The number of nitrogens with zero attached hydrogens (tertiary/aromatic N) is 2. The first kappa shape index (κ1) is 22.4. The molecule has 1 aliphatic heterocycles. The van der Waals surface area contributed by atoms with Crippen molar-refractivity contribution < 1.29 is 14.2 Å². The molecule has 0 spiro atoms. The van der Waals surface area contributed by atoms with Crippen LogP contribution in [-0.2, 0) is 14.2 Å². The van der Waals surface area contributed by atoms with Gasteiger partial charge in [-0.15, -0.1) is 0 Å². The number of hydrogen-bond donors (Lipinski definition) is 1. The third kappa shape index (κ3) is 7.96. The second kappa shape index (κ2) is 13.3. The normalized spacial score (nSPS) is 21.0. The molecule has 1 saturated carbocycles. The van der Waals surface area contributed by atoms with Crippen molar-refractivity contribution in [2.75, 3.05) is 53.6 Å². The van der Waals surface area contributed by atoms with Gasteiger partial charge in [-0.05, 0) is 51.4 Å². The molecule has 0 radical (unpaired) electrons. The van der Waals surface area contributed by atoms with Crippen LogP contribution in [0.25, 0.3) is 0 Å². The number of nitrogens with one attached hydrogen (secondary N) is 1. The second-order valence-electron chi connectivity index (χ2n) is 7.70. The summed E-state index contributed by atoms with van der Waals surface area (Å²) in [5.41, 5.74) is 0. The van der Waals surface area contributed by atoms with Gasteiger partial charge in [0.05, 0.1) is 12.2 Å². The van der Waals surface area contributed by atoms with E-state index in [1.165, 1.54) is 25.7 Å². The maximum atomic E-state index is 6.04. The summed E-state index contributed by atoms with van der Waals surface area (Å²) in [7, 11) is 3.62. The zero-order valence-corrected chi connectivity index (χ0v) is 17.8. The number of hydrogen-bond acceptors (Lipinski definition) is 4. The summed E-state index contributed by atoms with van der Waals surface area (Å²) in [5, 5.41) is 3.56. The number of piperidine rings is 1. The molecular weight excluding hydrogens is 342 g/mol. The topological polar surface area (TPSA) is 55.3 Å². The summed E-state index contributed by atoms with van der Waals surface area (Å²) in [5.74, 6) is 1.77. The van der Waals surface area contributed by atoms with Gasteiger partial charge in [-0.3, -0.25) is 4.99 Å². The molecule has 0 amide bonds. The average molecular weight is 384 g/mol. The quantitative estimate of drug-likeness (QED) is 0.338. The fraction of sp³-hybridized carbons (Fsp3) is 0.952. The van der Waals surface area contributed by atoms with E-state index < -0.39 is 0 Å². The lowest BCUT2D eigenvalue weighted by molar-refractivity contribution is 0.00944. The van der Waals surface area contributed by atoms with Crippen LogP contribution in [0.4, 0.5) is 0 Å².